The number of anilines is 1. The van der Waals surface area contributed by atoms with Gasteiger partial charge in [-0.2, -0.15) is 0 Å². The van der Waals surface area contributed by atoms with Crippen molar-refractivity contribution in [3.8, 4) is 5.75 Å². The first-order chi connectivity index (χ1) is 9.58. The lowest BCUT2D eigenvalue weighted by Crippen LogP contribution is -2.22. The minimum atomic E-state index is -0.362. The van der Waals surface area contributed by atoms with E-state index in [2.05, 4.69) is 21.2 Å². The van der Waals surface area contributed by atoms with Gasteiger partial charge >= 0.3 is 0 Å². The molecule has 1 N–H and O–H groups in total. The number of ether oxygens (including phenoxy) is 1. The third-order valence-electron chi connectivity index (χ3n) is 2.50. The molecule has 1 aromatic carbocycles. The first kappa shape index (κ1) is 14.3. The van der Waals surface area contributed by atoms with Crippen molar-refractivity contribution in [2.75, 3.05) is 11.9 Å². The largest absolute Gasteiger partial charge is 0.476 e. The normalized spacial score (nSPS) is 10.1. The van der Waals surface area contributed by atoms with E-state index in [1.54, 1.807) is 19.1 Å². The van der Waals surface area contributed by atoms with Crippen LogP contribution in [0, 0.1) is 6.92 Å². The van der Waals surface area contributed by atoms with Crippen LogP contribution in [0.1, 0.15) is 5.76 Å². The number of carbonyl (C=O) groups excluding carboxylic acids is 1. The van der Waals surface area contributed by atoms with Gasteiger partial charge in [0, 0.05) is 10.5 Å². The van der Waals surface area contributed by atoms with E-state index in [0.717, 1.165) is 4.47 Å². The molecule has 0 atom stereocenters. The van der Waals surface area contributed by atoms with Crippen molar-refractivity contribution in [1.82, 2.24) is 0 Å². The van der Waals surface area contributed by atoms with Crippen LogP contribution >= 0.6 is 15.9 Å². The van der Waals surface area contributed by atoms with Crippen LogP contribution in [0.5, 0.6) is 5.75 Å². The number of benzene rings is 1. The first-order valence-corrected chi connectivity index (χ1v) is 6.63. The lowest BCUT2D eigenvalue weighted by atomic mass is 10.3. The number of para-hydroxylation sites is 1. The molecule has 0 aliphatic carbocycles. The van der Waals surface area contributed by atoms with E-state index in [4.69, 9.17) is 9.15 Å². The number of rotatable bonds is 4. The summed E-state index contributed by atoms with van der Waals surface area (Å²) in [5.41, 5.74) is 0.320. The second-order valence-corrected chi connectivity index (χ2v) is 4.84. The van der Waals surface area contributed by atoms with E-state index < -0.39 is 0 Å². The Morgan fingerprint density at radius 3 is 2.80 bits per heavy atom. The Hall–Kier alpha value is -2.08. The monoisotopic (exact) mass is 337 g/mol. The van der Waals surface area contributed by atoms with E-state index >= 15 is 0 Å². The first-order valence-electron chi connectivity index (χ1n) is 5.83. The molecular formula is C14H12BrNO4. The van der Waals surface area contributed by atoms with Crippen molar-refractivity contribution in [2.24, 2.45) is 0 Å². The van der Waals surface area contributed by atoms with Crippen LogP contribution in [0.4, 0.5) is 5.69 Å². The molecule has 0 bridgehead atoms. The average Bonchev–Trinajstić information content (AvgIpc) is 2.41. The highest BCUT2D eigenvalue weighted by atomic mass is 79.9. The highest BCUT2D eigenvalue weighted by Crippen LogP contribution is 2.21. The second kappa shape index (κ2) is 6.38. The van der Waals surface area contributed by atoms with Gasteiger partial charge in [0.15, 0.2) is 6.61 Å². The summed E-state index contributed by atoms with van der Waals surface area (Å²) in [4.78, 5) is 23.3. The number of hydrogen-bond donors (Lipinski definition) is 1. The smallest absolute Gasteiger partial charge is 0.262 e. The maximum absolute atomic E-state index is 11.8. The molecule has 2 aromatic rings. The molecule has 5 nitrogen and oxygen atoms in total. The summed E-state index contributed by atoms with van der Waals surface area (Å²) in [6.45, 7) is 1.33. The third-order valence-corrected chi connectivity index (χ3v) is 3.19. The summed E-state index contributed by atoms with van der Waals surface area (Å²) in [7, 11) is 0. The summed E-state index contributed by atoms with van der Waals surface area (Å²) >= 11 is 3.32. The molecule has 0 spiro atoms. The van der Waals surface area contributed by atoms with Crippen LogP contribution < -0.4 is 15.5 Å². The van der Waals surface area contributed by atoms with E-state index in [-0.39, 0.29) is 23.7 Å². The molecule has 0 unspecified atom stereocenters. The van der Waals surface area contributed by atoms with E-state index in [9.17, 15) is 9.59 Å². The topological polar surface area (TPSA) is 68.5 Å². The minimum Gasteiger partial charge on any atom is -0.476 e. The molecule has 2 rings (SSSR count). The molecule has 0 aliphatic rings. The summed E-state index contributed by atoms with van der Waals surface area (Å²) < 4.78 is 11.0. The molecule has 0 aliphatic heterocycles. The molecule has 104 valence electrons. The van der Waals surface area contributed by atoms with E-state index in [1.807, 2.05) is 12.1 Å². The van der Waals surface area contributed by atoms with Gasteiger partial charge in [-0.25, -0.2) is 0 Å². The minimum absolute atomic E-state index is 0.0507. The Morgan fingerprint density at radius 1 is 1.35 bits per heavy atom. The maximum Gasteiger partial charge on any atom is 0.262 e. The second-order valence-electron chi connectivity index (χ2n) is 3.99. The lowest BCUT2D eigenvalue weighted by molar-refractivity contribution is -0.118. The van der Waals surface area contributed by atoms with Gasteiger partial charge in [-0.05, 0) is 35.0 Å². The summed E-state index contributed by atoms with van der Waals surface area (Å²) in [6.07, 6.45) is 1.28. The molecule has 20 heavy (non-hydrogen) atoms. The van der Waals surface area contributed by atoms with Crippen LogP contribution in [0.25, 0.3) is 0 Å². The Bertz CT molecular complexity index is 681. The molecule has 6 heteroatoms. The van der Waals surface area contributed by atoms with Crippen LogP contribution in [0.3, 0.4) is 0 Å². The van der Waals surface area contributed by atoms with E-state index in [0.29, 0.717) is 11.4 Å². The zero-order chi connectivity index (χ0) is 14.5. The van der Waals surface area contributed by atoms with Gasteiger partial charge in [0.25, 0.3) is 5.91 Å². The number of amides is 1. The van der Waals surface area contributed by atoms with Gasteiger partial charge < -0.3 is 14.5 Å². The fourth-order valence-corrected chi connectivity index (χ4v) is 1.94. The van der Waals surface area contributed by atoms with Gasteiger partial charge in [-0.1, -0.05) is 12.1 Å². The molecule has 0 saturated heterocycles. The van der Waals surface area contributed by atoms with Gasteiger partial charge in [-0.15, -0.1) is 0 Å². The van der Waals surface area contributed by atoms with Crippen LogP contribution in [-0.2, 0) is 4.79 Å². The van der Waals surface area contributed by atoms with Gasteiger partial charge in [0.2, 0.25) is 11.2 Å². The third kappa shape index (κ3) is 3.48. The number of hydrogen-bond acceptors (Lipinski definition) is 4. The van der Waals surface area contributed by atoms with Crippen LogP contribution in [0.15, 0.2) is 50.3 Å². The van der Waals surface area contributed by atoms with Crippen LogP contribution in [-0.4, -0.2) is 12.5 Å². The van der Waals surface area contributed by atoms with Crippen LogP contribution in [0.2, 0.25) is 0 Å². The summed E-state index contributed by atoms with van der Waals surface area (Å²) in [5, 5.41) is 2.68. The fourth-order valence-electron chi connectivity index (χ4n) is 1.56. The van der Waals surface area contributed by atoms with Gasteiger partial charge in [0.05, 0.1) is 12.0 Å². The highest BCUT2D eigenvalue weighted by molar-refractivity contribution is 9.10. The Kier molecular flexibility index (Phi) is 4.57. The molecule has 1 amide bonds. The van der Waals surface area contributed by atoms with Crippen molar-refractivity contribution in [3.63, 3.8) is 0 Å². The zero-order valence-electron chi connectivity index (χ0n) is 10.7. The van der Waals surface area contributed by atoms with Crippen molar-refractivity contribution in [1.29, 1.82) is 0 Å². The molecule has 1 aromatic heterocycles. The number of nitrogens with one attached hydrogen (secondary N) is 1. The van der Waals surface area contributed by atoms with Gasteiger partial charge in [-0.3, -0.25) is 9.59 Å². The average molecular weight is 338 g/mol. The Balaban J connectivity index is 2.00. The lowest BCUT2D eigenvalue weighted by Gasteiger charge is -2.09. The molecule has 0 fully saturated rings. The predicted molar refractivity (Wildman–Crippen MR) is 78.0 cm³/mol. The van der Waals surface area contributed by atoms with Crippen molar-refractivity contribution in [3.05, 3.63) is 57.1 Å². The molecule has 0 saturated carbocycles. The maximum atomic E-state index is 11.8. The van der Waals surface area contributed by atoms with E-state index in [1.165, 1.54) is 12.3 Å². The summed E-state index contributed by atoms with van der Waals surface area (Å²) in [6, 6.07) is 8.45. The Labute approximate surface area is 123 Å². The molecular weight excluding hydrogens is 326 g/mol. The number of aryl methyl sites for hydroxylation is 1. The zero-order valence-corrected chi connectivity index (χ0v) is 12.3. The molecule has 1 heterocycles. The predicted octanol–water partition coefficient (Wildman–Crippen LogP) is 2.73. The Morgan fingerprint density at radius 2 is 2.10 bits per heavy atom. The van der Waals surface area contributed by atoms with Crippen molar-refractivity contribution < 1.29 is 13.9 Å². The van der Waals surface area contributed by atoms with Gasteiger partial charge in [0.1, 0.15) is 5.76 Å². The SMILES string of the molecule is Cc1occc(=O)c1OCC(=O)Nc1ccccc1Br. The standard InChI is InChI=1S/C14H12BrNO4/c1-9-14(12(17)6-7-19-9)20-8-13(18)16-11-5-3-2-4-10(11)15/h2-7H,8H2,1H3,(H,16,18). The number of halogens is 1. The summed E-state index contributed by atoms with van der Waals surface area (Å²) in [5.74, 6) is 0.0283. The highest BCUT2D eigenvalue weighted by Gasteiger charge is 2.10. The van der Waals surface area contributed by atoms with Crippen molar-refractivity contribution in [2.45, 2.75) is 6.92 Å². The molecule has 0 radical (unpaired) electrons. The number of carbonyl (C=O) groups is 1. The quantitative estimate of drug-likeness (QED) is 0.931. The fraction of sp³-hybridized carbons (Fsp3) is 0.143. The van der Waals surface area contributed by atoms with Crippen molar-refractivity contribution >= 4 is 27.5 Å².